The summed E-state index contributed by atoms with van der Waals surface area (Å²) >= 11 is 0. The molecule has 0 bridgehead atoms. The van der Waals surface area contributed by atoms with Crippen LogP contribution in [0.3, 0.4) is 0 Å². The molecular weight excluding hydrogens is 340 g/mol. The quantitative estimate of drug-likeness (QED) is 0.770. The molecule has 142 valence electrons. The van der Waals surface area contributed by atoms with Crippen molar-refractivity contribution in [1.82, 2.24) is 9.97 Å². The molecule has 7 heteroatoms. The van der Waals surface area contributed by atoms with Crippen molar-refractivity contribution in [2.45, 2.75) is 32.6 Å². The first-order valence-electron chi connectivity index (χ1n) is 9.61. The van der Waals surface area contributed by atoms with E-state index in [0.29, 0.717) is 18.3 Å². The van der Waals surface area contributed by atoms with E-state index in [1.807, 2.05) is 18.3 Å². The number of rotatable bonds is 4. The highest BCUT2D eigenvalue weighted by molar-refractivity contribution is 5.94. The number of nitrogens with two attached hydrogens (primary N) is 1. The molecule has 0 spiro atoms. The van der Waals surface area contributed by atoms with Gasteiger partial charge in [-0.3, -0.25) is 4.79 Å². The molecule has 2 aromatic rings. The molecule has 2 aliphatic rings. The second-order valence-electron chi connectivity index (χ2n) is 7.41. The molecule has 0 saturated carbocycles. The summed E-state index contributed by atoms with van der Waals surface area (Å²) in [5.41, 5.74) is 9.85. The van der Waals surface area contributed by atoms with Crippen molar-refractivity contribution in [3.8, 4) is 0 Å². The zero-order chi connectivity index (χ0) is 18.8. The summed E-state index contributed by atoms with van der Waals surface area (Å²) in [5.74, 6) is 2.29. The molecule has 1 amide bonds. The number of nitrogens with zero attached hydrogens (tertiary/aromatic N) is 3. The summed E-state index contributed by atoms with van der Waals surface area (Å²) in [6.45, 7) is 4.79. The van der Waals surface area contributed by atoms with Crippen molar-refractivity contribution in [2.75, 3.05) is 35.2 Å². The lowest BCUT2D eigenvalue weighted by atomic mass is 9.97. The molecule has 1 saturated heterocycles. The lowest BCUT2D eigenvalue weighted by Crippen LogP contribution is -2.37. The van der Waals surface area contributed by atoms with Gasteiger partial charge in [-0.25, -0.2) is 4.98 Å². The highest BCUT2D eigenvalue weighted by atomic mass is 16.1. The van der Waals surface area contributed by atoms with Crippen LogP contribution in [0.4, 0.5) is 23.1 Å². The van der Waals surface area contributed by atoms with Crippen LogP contribution in [0.1, 0.15) is 30.4 Å². The van der Waals surface area contributed by atoms with Gasteiger partial charge in [-0.15, -0.1) is 0 Å². The van der Waals surface area contributed by atoms with Gasteiger partial charge in [-0.05, 0) is 62.4 Å². The van der Waals surface area contributed by atoms with Gasteiger partial charge in [0.1, 0.15) is 5.82 Å². The number of anilines is 4. The van der Waals surface area contributed by atoms with Crippen LogP contribution >= 0.6 is 0 Å². The Labute approximate surface area is 159 Å². The Bertz CT molecular complexity index is 844. The number of aromatic nitrogens is 2. The number of hydrogen-bond acceptors (Lipinski definition) is 6. The summed E-state index contributed by atoms with van der Waals surface area (Å²) in [4.78, 5) is 23.0. The fraction of sp³-hybridized carbons (Fsp3) is 0.450. The van der Waals surface area contributed by atoms with Gasteiger partial charge >= 0.3 is 0 Å². The largest absolute Gasteiger partial charge is 0.356 e. The number of hydrogen-bond donors (Lipinski definition) is 3. The lowest BCUT2D eigenvalue weighted by Gasteiger charge is -2.33. The number of carbonyl (C=O) groups is 1. The monoisotopic (exact) mass is 366 g/mol. The zero-order valence-electron chi connectivity index (χ0n) is 15.7. The van der Waals surface area contributed by atoms with Crippen molar-refractivity contribution in [3.63, 3.8) is 0 Å². The number of amides is 1. The van der Waals surface area contributed by atoms with Crippen molar-refractivity contribution in [3.05, 3.63) is 35.5 Å². The van der Waals surface area contributed by atoms with Gasteiger partial charge in [0, 0.05) is 42.6 Å². The second-order valence-corrected chi connectivity index (χ2v) is 7.41. The smallest absolute Gasteiger partial charge is 0.229 e. The van der Waals surface area contributed by atoms with Crippen molar-refractivity contribution < 1.29 is 4.79 Å². The number of fused-ring (bicyclic) bond motifs is 1. The Kier molecular flexibility index (Phi) is 4.94. The van der Waals surface area contributed by atoms with E-state index < -0.39 is 0 Å². The Morgan fingerprint density at radius 1 is 1.30 bits per heavy atom. The van der Waals surface area contributed by atoms with E-state index in [-0.39, 0.29) is 5.91 Å². The molecule has 1 fully saturated rings. The third kappa shape index (κ3) is 3.88. The van der Waals surface area contributed by atoms with Crippen LogP contribution in [0.2, 0.25) is 0 Å². The summed E-state index contributed by atoms with van der Waals surface area (Å²) in [6, 6.07) is 5.94. The molecule has 7 nitrogen and oxygen atoms in total. The molecule has 1 aromatic carbocycles. The molecule has 4 N–H and O–H groups in total. The van der Waals surface area contributed by atoms with Crippen molar-refractivity contribution >= 4 is 29.0 Å². The topological polar surface area (TPSA) is 96.2 Å². The molecule has 3 heterocycles. The van der Waals surface area contributed by atoms with Crippen LogP contribution in [-0.2, 0) is 11.2 Å². The Hall–Kier alpha value is -2.67. The number of carbonyl (C=O) groups excluding carboxylic acids is 1. The zero-order valence-corrected chi connectivity index (χ0v) is 15.7. The maximum absolute atomic E-state index is 11.5. The Balaban J connectivity index is 1.51. The average molecular weight is 366 g/mol. The number of nitrogens with one attached hydrogen (secondary N) is 2. The third-order valence-corrected chi connectivity index (χ3v) is 5.45. The van der Waals surface area contributed by atoms with E-state index in [0.717, 1.165) is 67.2 Å². The van der Waals surface area contributed by atoms with Crippen LogP contribution in [0.25, 0.3) is 0 Å². The highest BCUT2D eigenvalue weighted by Crippen LogP contribution is 2.28. The predicted octanol–water partition coefficient (Wildman–Crippen LogP) is 2.59. The minimum absolute atomic E-state index is 0.0770. The van der Waals surface area contributed by atoms with Crippen molar-refractivity contribution in [1.29, 1.82) is 0 Å². The molecule has 0 radical (unpaired) electrons. The number of aryl methyl sites for hydroxylation is 2. The van der Waals surface area contributed by atoms with E-state index >= 15 is 0 Å². The van der Waals surface area contributed by atoms with E-state index in [1.54, 1.807) is 0 Å². The van der Waals surface area contributed by atoms with Gasteiger partial charge in [0.25, 0.3) is 0 Å². The van der Waals surface area contributed by atoms with E-state index in [2.05, 4.69) is 33.5 Å². The molecule has 1 aromatic heterocycles. The molecule has 0 atom stereocenters. The standard InChI is InChI=1S/C20H26N6O/c1-13-12-22-20(25-19(13)26-8-6-14(11-21)7-9-26)23-16-3-4-17-15(10-16)2-5-18(27)24-17/h3-4,10,12,14H,2,5-9,11,21H2,1H3,(H,24,27)(H,22,23,25). The van der Waals surface area contributed by atoms with E-state index in [9.17, 15) is 4.79 Å². The number of piperidine rings is 1. The highest BCUT2D eigenvalue weighted by Gasteiger charge is 2.21. The van der Waals surface area contributed by atoms with Crippen LogP contribution in [0.5, 0.6) is 0 Å². The predicted molar refractivity (Wildman–Crippen MR) is 107 cm³/mol. The van der Waals surface area contributed by atoms with Crippen molar-refractivity contribution in [2.24, 2.45) is 11.7 Å². The van der Waals surface area contributed by atoms with Gasteiger partial charge in [0.15, 0.2) is 0 Å². The minimum Gasteiger partial charge on any atom is -0.356 e. The van der Waals surface area contributed by atoms with Gasteiger partial charge in [-0.1, -0.05) is 0 Å². The average Bonchev–Trinajstić information content (AvgIpc) is 2.70. The summed E-state index contributed by atoms with van der Waals surface area (Å²) in [5, 5.41) is 6.22. The molecular formula is C20H26N6O. The second kappa shape index (κ2) is 7.52. The Morgan fingerprint density at radius 3 is 2.89 bits per heavy atom. The van der Waals surface area contributed by atoms with E-state index in [4.69, 9.17) is 10.7 Å². The van der Waals surface area contributed by atoms with E-state index in [1.165, 1.54) is 0 Å². The maximum atomic E-state index is 11.5. The third-order valence-electron chi connectivity index (χ3n) is 5.45. The Morgan fingerprint density at radius 2 is 2.11 bits per heavy atom. The normalized spacial score (nSPS) is 17.4. The fourth-order valence-electron chi connectivity index (χ4n) is 3.78. The van der Waals surface area contributed by atoms with Gasteiger partial charge in [0.05, 0.1) is 0 Å². The van der Waals surface area contributed by atoms with Gasteiger partial charge in [0.2, 0.25) is 11.9 Å². The van der Waals surface area contributed by atoms with Crippen LogP contribution in [-0.4, -0.2) is 35.5 Å². The summed E-state index contributed by atoms with van der Waals surface area (Å²) in [7, 11) is 0. The van der Waals surface area contributed by atoms with Crippen LogP contribution in [0.15, 0.2) is 24.4 Å². The first-order valence-corrected chi connectivity index (χ1v) is 9.61. The summed E-state index contributed by atoms with van der Waals surface area (Å²) < 4.78 is 0. The lowest BCUT2D eigenvalue weighted by molar-refractivity contribution is -0.116. The molecule has 27 heavy (non-hydrogen) atoms. The molecule has 2 aliphatic heterocycles. The number of benzene rings is 1. The maximum Gasteiger partial charge on any atom is 0.229 e. The van der Waals surface area contributed by atoms with Crippen LogP contribution in [0, 0.1) is 12.8 Å². The minimum atomic E-state index is 0.0770. The first kappa shape index (κ1) is 17.7. The fourth-order valence-corrected chi connectivity index (χ4v) is 3.78. The first-order chi connectivity index (χ1) is 13.1. The van der Waals surface area contributed by atoms with Crippen LogP contribution < -0.4 is 21.3 Å². The van der Waals surface area contributed by atoms with Gasteiger partial charge in [-0.2, -0.15) is 4.98 Å². The molecule has 4 rings (SSSR count). The van der Waals surface area contributed by atoms with Gasteiger partial charge < -0.3 is 21.3 Å². The molecule has 0 unspecified atom stereocenters. The SMILES string of the molecule is Cc1cnc(Nc2ccc3c(c2)CCC(=O)N3)nc1N1CCC(CN)CC1. The summed E-state index contributed by atoms with van der Waals surface area (Å²) in [6.07, 6.45) is 5.38. The molecule has 0 aliphatic carbocycles.